The molecule has 0 saturated carbocycles. The molecular weight excluding hydrogens is 284 g/mol. The van der Waals surface area contributed by atoms with E-state index in [-0.39, 0.29) is 17.7 Å². The Hall–Kier alpha value is -1.04. The fourth-order valence-corrected chi connectivity index (χ4v) is 1.56. The Bertz CT molecular complexity index is 410. The number of rotatable bonds is 3. The Morgan fingerprint density at radius 3 is 2.75 bits per heavy atom. The van der Waals surface area contributed by atoms with Crippen LogP contribution in [0.5, 0.6) is 0 Å². The second kappa shape index (κ2) is 5.34. The van der Waals surface area contributed by atoms with E-state index in [1.807, 2.05) is 0 Å². The van der Waals surface area contributed by atoms with Crippen LogP contribution in [0.4, 0.5) is 8.78 Å². The van der Waals surface area contributed by atoms with Crippen LogP contribution in [0.15, 0.2) is 10.5 Å². The summed E-state index contributed by atoms with van der Waals surface area (Å²) in [6, 6.07) is 1.47. The number of esters is 1. The lowest BCUT2D eigenvalue weighted by Gasteiger charge is -2.09. The molecule has 0 amide bonds. The molecule has 1 aromatic heterocycles. The van der Waals surface area contributed by atoms with Gasteiger partial charge in [-0.05, 0) is 34.5 Å². The first-order valence-electron chi connectivity index (χ1n) is 4.46. The number of methoxy groups -OCH3 is 1. The van der Waals surface area contributed by atoms with Gasteiger partial charge in [0.15, 0.2) is 0 Å². The number of nitrogens with zero attached hydrogens (tertiary/aromatic N) is 1. The van der Waals surface area contributed by atoms with Crippen LogP contribution in [0.25, 0.3) is 0 Å². The molecule has 0 aliphatic rings. The van der Waals surface area contributed by atoms with Crippen LogP contribution in [0.2, 0.25) is 0 Å². The summed E-state index contributed by atoms with van der Waals surface area (Å²) in [5.41, 5.74) is 0.273. The highest BCUT2D eigenvalue weighted by Gasteiger charge is 2.18. The molecule has 0 saturated heterocycles. The van der Waals surface area contributed by atoms with E-state index in [0.717, 1.165) is 0 Å². The number of ether oxygens (including phenoxy) is 1. The summed E-state index contributed by atoms with van der Waals surface area (Å²) in [5, 5.41) is 0. The predicted octanol–water partition coefficient (Wildman–Crippen LogP) is 2.81. The number of hydrogen-bond donors (Lipinski definition) is 0. The zero-order valence-corrected chi connectivity index (χ0v) is 10.3. The van der Waals surface area contributed by atoms with Gasteiger partial charge in [0.25, 0.3) is 6.43 Å². The molecule has 0 bridgehead atoms. The van der Waals surface area contributed by atoms with E-state index in [2.05, 4.69) is 25.7 Å². The van der Waals surface area contributed by atoms with Gasteiger partial charge in [-0.2, -0.15) is 0 Å². The molecule has 3 nitrogen and oxygen atoms in total. The van der Waals surface area contributed by atoms with E-state index in [9.17, 15) is 13.6 Å². The van der Waals surface area contributed by atoms with Crippen LogP contribution >= 0.6 is 15.9 Å². The molecule has 0 fully saturated rings. The average Bonchev–Trinajstić information content (AvgIpc) is 2.22. The van der Waals surface area contributed by atoms with Crippen molar-refractivity contribution in [2.45, 2.75) is 19.8 Å². The lowest BCUT2D eigenvalue weighted by Crippen LogP contribution is -2.09. The number of pyridine rings is 1. The minimum absolute atomic E-state index is 0.180. The van der Waals surface area contributed by atoms with Crippen LogP contribution < -0.4 is 0 Å². The Kier molecular flexibility index (Phi) is 4.35. The smallest absolute Gasteiger partial charge is 0.310 e. The molecule has 1 heterocycles. The topological polar surface area (TPSA) is 39.2 Å². The molecule has 1 aromatic rings. The fourth-order valence-electron chi connectivity index (χ4n) is 1.20. The van der Waals surface area contributed by atoms with Crippen molar-refractivity contribution >= 4 is 21.9 Å². The standard InChI is InChI=1S/C10H10BrF2NO2/c1-5-7(11)3-6(4-8(15)16-2)9(14-5)10(12)13/h3,10H,4H2,1-2H3. The van der Waals surface area contributed by atoms with Crippen LogP contribution in [0.1, 0.15) is 23.4 Å². The normalized spacial score (nSPS) is 10.6. The molecule has 0 aromatic carbocycles. The Labute approximate surface area is 99.9 Å². The molecule has 0 N–H and O–H groups in total. The second-order valence-corrected chi connectivity index (χ2v) is 4.01. The van der Waals surface area contributed by atoms with Crippen LogP contribution in [0.3, 0.4) is 0 Å². The summed E-state index contributed by atoms with van der Waals surface area (Å²) in [7, 11) is 1.21. The molecule has 6 heteroatoms. The molecular formula is C10H10BrF2NO2. The molecule has 0 atom stereocenters. The number of halogens is 3. The second-order valence-electron chi connectivity index (χ2n) is 3.15. The number of carbonyl (C=O) groups excluding carboxylic acids is 1. The maximum Gasteiger partial charge on any atom is 0.310 e. The van der Waals surface area contributed by atoms with Crippen LogP contribution in [-0.4, -0.2) is 18.1 Å². The van der Waals surface area contributed by atoms with Gasteiger partial charge >= 0.3 is 5.97 Å². The molecule has 16 heavy (non-hydrogen) atoms. The van der Waals surface area contributed by atoms with E-state index in [4.69, 9.17) is 0 Å². The highest BCUT2D eigenvalue weighted by Crippen LogP contribution is 2.26. The summed E-state index contributed by atoms with van der Waals surface area (Å²) in [4.78, 5) is 14.8. The monoisotopic (exact) mass is 293 g/mol. The number of hydrogen-bond acceptors (Lipinski definition) is 3. The van der Waals surface area contributed by atoms with Gasteiger partial charge in [0, 0.05) is 4.47 Å². The van der Waals surface area contributed by atoms with Crippen molar-refractivity contribution < 1.29 is 18.3 Å². The Balaban J connectivity index is 3.14. The molecule has 88 valence electrons. The summed E-state index contributed by atoms with van der Waals surface area (Å²) in [6.07, 6.45) is -2.91. The van der Waals surface area contributed by atoms with Gasteiger partial charge in [0.1, 0.15) is 5.69 Å². The van der Waals surface area contributed by atoms with Crippen molar-refractivity contribution in [1.82, 2.24) is 4.98 Å². The van der Waals surface area contributed by atoms with Crippen molar-refractivity contribution in [3.63, 3.8) is 0 Å². The van der Waals surface area contributed by atoms with Gasteiger partial charge < -0.3 is 4.74 Å². The fraction of sp³-hybridized carbons (Fsp3) is 0.400. The molecule has 0 radical (unpaired) electrons. The Morgan fingerprint density at radius 1 is 1.62 bits per heavy atom. The maximum atomic E-state index is 12.7. The van der Waals surface area contributed by atoms with E-state index >= 15 is 0 Å². The van der Waals surface area contributed by atoms with Crippen LogP contribution in [0, 0.1) is 6.92 Å². The quantitative estimate of drug-likeness (QED) is 0.805. The van der Waals surface area contributed by atoms with Crippen molar-refractivity contribution in [3.05, 3.63) is 27.5 Å². The Morgan fingerprint density at radius 2 is 2.25 bits per heavy atom. The van der Waals surface area contributed by atoms with Crippen molar-refractivity contribution in [1.29, 1.82) is 0 Å². The lowest BCUT2D eigenvalue weighted by atomic mass is 10.1. The third-order valence-electron chi connectivity index (χ3n) is 2.03. The van der Waals surface area contributed by atoms with Gasteiger partial charge in [-0.25, -0.2) is 8.78 Å². The first kappa shape index (κ1) is 13.0. The minimum Gasteiger partial charge on any atom is -0.469 e. The van der Waals surface area contributed by atoms with Gasteiger partial charge in [0.2, 0.25) is 0 Å². The largest absolute Gasteiger partial charge is 0.469 e. The van der Waals surface area contributed by atoms with Gasteiger partial charge in [-0.15, -0.1) is 0 Å². The van der Waals surface area contributed by atoms with E-state index in [0.29, 0.717) is 10.2 Å². The SMILES string of the molecule is COC(=O)Cc1cc(Br)c(C)nc1C(F)F. The van der Waals surface area contributed by atoms with Crippen molar-refractivity contribution in [2.75, 3.05) is 7.11 Å². The molecule has 0 aliphatic heterocycles. The van der Waals surface area contributed by atoms with Gasteiger partial charge in [-0.3, -0.25) is 9.78 Å². The van der Waals surface area contributed by atoms with E-state index in [1.54, 1.807) is 6.92 Å². The highest BCUT2D eigenvalue weighted by molar-refractivity contribution is 9.10. The molecule has 0 aliphatic carbocycles. The highest BCUT2D eigenvalue weighted by atomic mass is 79.9. The number of aryl methyl sites for hydroxylation is 1. The lowest BCUT2D eigenvalue weighted by molar-refractivity contribution is -0.139. The summed E-state index contributed by atoms with van der Waals surface area (Å²) in [5.74, 6) is -0.570. The number of alkyl halides is 2. The zero-order valence-electron chi connectivity index (χ0n) is 8.76. The molecule has 0 unspecified atom stereocenters. The third kappa shape index (κ3) is 2.98. The van der Waals surface area contributed by atoms with Gasteiger partial charge in [-0.1, -0.05) is 0 Å². The summed E-state index contributed by atoms with van der Waals surface area (Å²) >= 11 is 3.18. The molecule has 0 spiro atoms. The van der Waals surface area contributed by atoms with Crippen molar-refractivity contribution in [3.8, 4) is 0 Å². The number of carbonyl (C=O) groups is 1. The van der Waals surface area contributed by atoms with Gasteiger partial charge in [0.05, 0.1) is 19.2 Å². The molecule has 1 rings (SSSR count). The zero-order chi connectivity index (χ0) is 12.3. The van der Waals surface area contributed by atoms with E-state index in [1.165, 1.54) is 13.2 Å². The summed E-state index contributed by atoms with van der Waals surface area (Å²) < 4.78 is 30.4. The summed E-state index contributed by atoms with van der Waals surface area (Å²) in [6.45, 7) is 1.61. The van der Waals surface area contributed by atoms with Crippen LogP contribution in [-0.2, 0) is 16.0 Å². The first-order valence-corrected chi connectivity index (χ1v) is 5.26. The predicted molar refractivity (Wildman–Crippen MR) is 57.4 cm³/mol. The minimum atomic E-state index is -2.70. The first-order chi connectivity index (χ1) is 7.45. The average molecular weight is 294 g/mol. The number of aromatic nitrogens is 1. The maximum absolute atomic E-state index is 12.7. The van der Waals surface area contributed by atoms with Crippen molar-refractivity contribution in [2.24, 2.45) is 0 Å². The van der Waals surface area contributed by atoms with E-state index < -0.39 is 12.4 Å². The third-order valence-corrected chi connectivity index (χ3v) is 2.84.